The standard InChI is InChI=1S/C13H18O2/c1-8(2)11-7-15-12-5-4-9(3)6-10(12)13(11)14/h4-6,8,11,13-14H,7H2,1-3H3/t11-,13+/m1/s1. The zero-order valence-electron chi connectivity index (χ0n) is 9.53. The average molecular weight is 206 g/mol. The Morgan fingerprint density at radius 1 is 1.40 bits per heavy atom. The lowest BCUT2D eigenvalue weighted by atomic mass is 9.85. The van der Waals surface area contributed by atoms with Crippen molar-refractivity contribution >= 4 is 0 Å². The minimum atomic E-state index is -0.381. The van der Waals surface area contributed by atoms with Crippen molar-refractivity contribution in [3.8, 4) is 5.75 Å². The molecule has 0 radical (unpaired) electrons. The van der Waals surface area contributed by atoms with Crippen LogP contribution in [0, 0.1) is 18.8 Å². The van der Waals surface area contributed by atoms with Gasteiger partial charge >= 0.3 is 0 Å². The highest BCUT2D eigenvalue weighted by atomic mass is 16.5. The van der Waals surface area contributed by atoms with E-state index in [4.69, 9.17) is 4.74 Å². The number of hydrogen-bond acceptors (Lipinski definition) is 2. The van der Waals surface area contributed by atoms with Gasteiger partial charge in [-0.3, -0.25) is 0 Å². The van der Waals surface area contributed by atoms with E-state index in [0.717, 1.165) is 11.3 Å². The van der Waals surface area contributed by atoms with Crippen molar-refractivity contribution < 1.29 is 9.84 Å². The molecule has 0 saturated heterocycles. The fourth-order valence-electron chi connectivity index (χ4n) is 2.10. The van der Waals surface area contributed by atoms with Crippen LogP contribution < -0.4 is 4.74 Å². The quantitative estimate of drug-likeness (QED) is 0.765. The zero-order chi connectivity index (χ0) is 11.0. The van der Waals surface area contributed by atoms with Crippen LogP contribution >= 0.6 is 0 Å². The Hall–Kier alpha value is -1.02. The molecule has 2 rings (SSSR count). The topological polar surface area (TPSA) is 29.5 Å². The van der Waals surface area contributed by atoms with E-state index in [1.165, 1.54) is 5.56 Å². The second kappa shape index (κ2) is 3.86. The van der Waals surface area contributed by atoms with Gasteiger partial charge in [0.15, 0.2) is 0 Å². The monoisotopic (exact) mass is 206 g/mol. The maximum absolute atomic E-state index is 10.2. The molecular formula is C13H18O2. The Labute approximate surface area is 90.9 Å². The maximum Gasteiger partial charge on any atom is 0.125 e. The number of aryl methyl sites for hydroxylation is 1. The first kappa shape index (κ1) is 10.5. The first-order valence-electron chi connectivity index (χ1n) is 5.51. The van der Waals surface area contributed by atoms with Gasteiger partial charge in [0.05, 0.1) is 12.7 Å². The zero-order valence-corrected chi connectivity index (χ0v) is 9.53. The molecule has 2 atom stereocenters. The molecule has 0 aromatic heterocycles. The maximum atomic E-state index is 10.2. The average Bonchev–Trinajstić information content (AvgIpc) is 2.19. The lowest BCUT2D eigenvalue weighted by Gasteiger charge is -2.32. The summed E-state index contributed by atoms with van der Waals surface area (Å²) in [6.07, 6.45) is -0.381. The van der Waals surface area contributed by atoms with E-state index in [-0.39, 0.29) is 12.0 Å². The van der Waals surface area contributed by atoms with Crippen LogP contribution in [0.15, 0.2) is 18.2 Å². The Balaban J connectivity index is 2.36. The Morgan fingerprint density at radius 3 is 2.80 bits per heavy atom. The molecule has 1 aromatic rings. The lowest BCUT2D eigenvalue weighted by Crippen LogP contribution is -2.29. The fraction of sp³-hybridized carbons (Fsp3) is 0.538. The van der Waals surface area contributed by atoms with Crippen molar-refractivity contribution in [1.29, 1.82) is 0 Å². The van der Waals surface area contributed by atoms with Crippen molar-refractivity contribution in [2.75, 3.05) is 6.61 Å². The molecule has 1 aliphatic heterocycles. The third-order valence-corrected chi connectivity index (χ3v) is 3.18. The number of fused-ring (bicyclic) bond motifs is 1. The summed E-state index contributed by atoms with van der Waals surface area (Å²) in [5.41, 5.74) is 2.11. The van der Waals surface area contributed by atoms with Gasteiger partial charge in [-0.15, -0.1) is 0 Å². The van der Waals surface area contributed by atoms with Gasteiger partial charge in [-0.1, -0.05) is 25.5 Å². The molecule has 0 spiro atoms. The molecule has 0 unspecified atom stereocenters. The molecule has 2 nitrogen and oxygen atoms in total. The van der Waals surface area contributed by atoms with Crippen LogP contribution in [0.3, 0.4) is 0 Å². The van der Waals surface area contributed by atoms with Crippen molar-refractivity contribution in [3.05, 3.63) is 29.3 Å². The predicted octanol–water partition coefficient (Wildman–Crippen LogP) is 2.69. The van der Waals surface area contributed by atoms with Crippen molar-refractivity contribution in [2.24, 2.45) is 11.8 Å². The molecule has 0 fully saturated rings. The minimum absolute atomic E-state index is 0.208. The summed E-state index contributed by atoms with van der Waals surface area (Å²) in [4.78, 5) is 0. The lowest BCUT2D eigenvalue weighted by molar-refractivity contribution is 0.0262. The van der Waals surface area contributed by atoms with Crippen molar-refractivity contribution in [2.45, 2.75) is 26.9 Å². The van der Waals surface area contributed by atoms with E-state index in [1.807, 2.05) is 25.1 Å². The van der Waals surface area contributed by atoms with E-state index in [9.17, 15) is 5.11 Å². The first-order chi connectivity index (χ1) is 7.09. The van der Waals surface area contributed by atoms with Crippen LogP contribution in [0.25, 0.3) is 0 Å². The Bertz CT molecular complexity index is 358. The molecule has 82 valence electrons. The van der Waals surface area contributed by atoms with Crippen molar-refractivity contribution in [3.63, 3.8) is 0 Å². The van der Waals surface area contributed by atoms with Crippen LogP contribution in [-0.4, -0.2) is 11.7 Å². The number of hydrogen-bond donors (Lipinski definition) is 1. The van der Waals surface area contributed by atoms with Crippen LogP contribution in [0.4, 0.5) is 0 Å². The molecular weight excluding hydrogens is 188 g/mol. The summed E-state index contributed by atoms with van der Waals surface area (Å²) in [7, 11) is 0. The molecule has 0 saturated carbocycles. The van der Waals surface area contributed by atoms with Gasteiger partial charge in [0, 0.05) is 11.5 Å². The van der Waals surface area contributed by atoms with Gasteiger partial charge in [-0.25, -0.2) is 0 Å². The third kappa shape index (κ3) is 1.86. The van der Waals surface area contributed by atoms with Gasteiger partial charge in [-0.2, -0.15) is 0 Å². The molecule has 0 bridgehead atoms. The predicted molar refractivity (Wildman–Crippen MR) is 60.0 cm³/mol. The largest absolute Gasteiger partial charge is 0.493 e. The molecule has 15 heavy (non-hydrogen) atoms. The summed E-state index contributed by atoms with van der Waals surface area (Å²) in [6, 6.07) is 5.99. The smallest absolute Gasteiger partial charge is 0.125 e. The SMILES string of the molecule is Cc1ccc2c(c1)[C@H](O)[C@@H](C(C)C)CO2. The second-order valence-corrected chi connectivity index (χ2v) is 4.70. The fourth-order valence-corrected chi connectivity index (χ4v) is 2.10. The highest BCUT2D eigenvalue weighted by molar-refractivity contribution is 5.40. The molecule has 1 aromatic carbocycles. The molecule has 1 N–H and O–H groups in total. The van der Waals surface area contributed by atoms with E-state index in [0.29, 0.717) is 12.5 Å². The summed E-state index contributed by atoms with van der Waals surface area (Å²) >= 11 is 0. The Kier molecular flexibility index (Phi) is 2.70. The molecule has 2 heteroatoms. The van der Waals surface area contributed by atoms with Gasteiger partial charge in [-0.05, 0) is 25.0 Å². The van der Waals surface area contributed by atoms with E-state index < -0.39 is 0 Å². The Morgan fingerprint density at radius 2 is 2.13 bits per heavy atom. The van der Waals surface area contributed by atoms with Crippen LogP contribution in [0.5, 0.6) is 5.75 Å². The number of rotatable bonds is 1. The number of aliphatic hydroxyl groups excluding tert-OH is 1. The molecule has 1 aliphatic rings. The highest BCUT2D eigenvalue weighted by Crippen LogP contribution is 2.38. The van der Waals surface area contributed by atoms with E-state index in [1.54, 1.807) is 0 Å². The molecule has 1 heterocycles. The van der Waals surface area contributed by atoms with Gasteiger partial charge in [0.2, 0.25) is 0 Å². The normalized spacial score (nSPS) is 24.9. The first-order valence-corrected chi connectivity index (χ1v) is 5.51. The van der Waals surface area contributed by atoms with Gasteiger partial charge < -0.3 is 9.84 Å². The number of aliphatic hydroxyl groups is 1. The van der Waals surface area contributed by atoms with Crippen molar-refractivity contribution in [1.82, 2.24) is 0 Å². The van der Waals surface area contributed by atoms with Crippen LogP contribution in [0.1, 0.15) is 31.1 Å². The summed E-state index contributed by atoms with van der Waals surface area (Å²) in [5.74, 6) is 1.48. The van der Waals surface area contributed by atoms with Crippen LogP contribution in [-0.2, 0) is 0 Å². The van der Waals surface area contributed by atoms with Gasteiger partial charge in [0.25, 0.3) is 0 Å². The summed E-state index contributed by atoms with van der Waals surface area (Å²) in [5, 5.41) is 10.2. The molecule has 0 aliphatic carbocycles. The second-order valence-electron chi connectivity index (χ2n) is 4.70. The minimum Gasteiger partial charge on any atom is -0.493 e. The summed E-state index contributed by atoms with van der Waals surface area (Å²) in [6.45, 7) is 6.90. The highest BCUT2D eigenvalue weighted by Gasteiger charge is 2.31. The molecule has 0 amide bonds. The number of benzene rings is 1. The summed E-state index contributed by atoms with van der Waals surface area (Å²) < 4.78 is 5.66. The van der Waals surface area contributed by atoms with E-state index in [2.05, 4.69) is 13.8 Å². The van der Waals surface area contributed by atoms with Gasteiger partial charge in [0.1, 0.15) is 5.75 Å². The van der Waals surface area contributed by atoms with Crippen LogP contribution in [0.2, 0.25) is 0 Å². The third-order valence-electron chi connectivity index (χ3n) is 3.18. The van der Waals surface area contributed by atoms with E-state index >= 15 is 0 Å². The number of ether oxygens (including phenoxy) is 1.